The second kappa shape index (κ2) is 7.22. The van der Waals surface area contributed by atoms with Crippen molar-refractivity contribution in [3.05, 3.63) is 23.3 Å². The molecule has 0 aliphatic carbocycles. The van der Waals surface area contributed by atoms with Crippen molar-refractivity contribution in [2.75, 3.05) is 33.9 Å². The lowest BCUT2D eigenvalue weighted by atomic mass is 9.71. The van der Waals surface area contributed by atoms with Crippen LogP contribution in [-0.4, -0.2) is 55.9 Å². The Balaban J connectivity index is 1.82. The molecule has 2 aliphatic rings. The van der Waals surface area contributed by atoms with Crippen molar-refractivity contribution in [1.29, 1.82) is 0 Å². The molecule has 2 N–H and O–H groups in total. The van der Waals surface area contributed by atoms with Crippen molar-refractivity contribution in [2.24, 2.45) is 5.41 Å². The summed E-state index contributed by atoms with van der Waals surface area (Å²) < 4.78 is 11.0. The fourth-order valence-corrected chi connectivity index (χ4v) is 4.26. The molecular formula is C19H28N2O4. The van der Waals surface area contributed by atoms with Crippen molar-refractivity contribution in [2.45, 2.75) is 38.8 Å². The molecule has 1 aromatic carbocycles. The fourth-order valence-electron chi connectivity index (χ4n) is 4.26. The lowest BCUT2D eigenvalue weighted by molar-refractivity contribution is -0.149. The molecule has 138 valence electrons. The van der Waals surface area contributed by atoms with Crippen LogP contribution in [0.2, 0.25) is 0 Å². The molecule has 6 nitrogen and oxygen atoms in total. The Labute approximate surface area is 149 Å². The van der Waals surface area contributed by atoms with Gasteiger partial charge in [-0.15, -0.1) is 0 Å². The Morgan fingerprint density at radius 1 is 1.36 bits per heavy atom. The van der Waals surface area contributed by atoms with E-state index in [0.29, 0.717) is 26.1 Å². The lowest BCUT2D eigenvalue weighted by Gasteiger charge is -2.47. The van der Waals surface area contributed by atoms with Crippen LogP contribution in [-0.2, 0) is 11.3 Å². The normalized spacial score (nSPS) is 27.2. The van der Waals surface area contributed by atoms with Gasteiger partial charge in [-0.1, -0.05) is 6.07 Å². The summed E-state index contributed by atoms with van der Waals surface area (Å²) in [4.78, 5) is 14.8. The number of piperidine rings is 2. The van der Waals surface area contributed by atoms with Crippen LogP contribution in [0.15, 0.2) is 12.1 Å². The average Bonchev–Trinajstić information content (AvgIpc) is 2.61. The maximum atomic E-state index is 12.5. The van der Waals surface area contributed by atoms with Gasteiger partial charge in [0.25, 0.3) is 0 Å². The molecule has 2 atom stereocenters. The topological polar surface area (TPSA) is 71.0 Å². The molecule has 0 saturated carbocycles. The van der Waals surface area contributed by atoms with E-state index in [0.717, 1.165) is 42.0 Å². The van der Waals surface area contributed by atoms with Gasteiger partial charge in [0.2, 0.25) is 5.91 Å². The minimum Gasteiger partial charge on any atom is -0.496 e. The number of likely N-dealkylation sites (tertiary alicyclic amines) is 1. The van der Waals surface area contributed by atoms with Gasteiger partial charge in [0, 0.05) is 37.3 Å². The number of ether oxygens (including phenoxy) is 2. The van der Waals surface area contributed by atoms with Crippen LogP contribution >= 0.6 is 0 Å². The van der Waals surface area contributed by atoms with E-state index < -0.39 is 11.5 Å². The first-order valence-corrected chi connectivity index (χ1v) is 8.91. The summed E-state index contributed by atoms with van der Waals surface area (Å²) in [6.07, 6.45) is 1.71. The first-order valence-electron chi connectivity index (χ1n) is 8.91. The molecule has 2 heterocycles. The van der Waals surface area contributed by atoms with E-state index in [1.54, 1.807) is 14.2 Å². The maximum absolute atomic E-state index is 12.5. The molecule has 0 bridgehead atoms. The summed E-state index contributed by atoms with van der Waals surface area (Å²) in [5, 5.41) is 13.5. The Morgan fingerprint density at radius 3 is 2.84 bits per heavy atom. The van der Waals surface area contributed by atoms with Crippen molar-refractivity contribution in [1.82, 2.24) is 10.2 Å². The minimum atomic E-state index is -0.675. The highest BCUT2D eigenvalue weighted by Gasteiger charge is 2.49. The van der Waals surface area contributed by atoms with Gasteiger partial charge in [-0.3, -0.25) is 9.69 Å². The van der Waals surface area contributed by atoms with E-state index in [9.17, 15) is 9.90 Å². The molecule has 0 unspecified atom stereocenters. The van der Waals surface area contributed by atoms with Crippen LogP contribution in [0, 0.1) is 12.3 Å². The standard InChI is InChI=1S/C19H28N2O4/c1-13-15(24-2)6-5-14(17(13)25-3)11-21-10-7-16(22)19(12-21)8-4-9-20-18(19)23/h5-6,16,22H,4,7-12H2,1-3H3,(H,20,23)/t16-,19-/m1/s1. The smallest absolute Gasteiger partial charge is 0.230 e. The average molecular weight is 348 g/mol. The molecule has 0 aromatic heterocycles. The summed E-state index contributed by atoms with van der Waals surface area (Å²) in [6.45, 7) is 4.73. The van der Waals surface area contributed by atoms with Gasteiger partial charge in [-0.05, 0) is 32.3 Å². The highest BCUT2D eigenvalue weighted by Crippen LogP contribution is 2.39. The van der Waals surface area contributed by atoms with E-state index in [1.807, 2.05) is 19.1 Å². The van der Waals surface area contributed by atoms with E-state index in [1.165, 1.54) is 0 Å². The van der Waals surface area contributed by atoms with Gasteiger partial charge < -0.3 is 19.9 Å². The molecule has 2 aliphatic heterocycles. The predicted octanol–water partition coefficient (Wildman–Crippen LogP) is 1.48. The summed E-state index contributed by atoms with van der Waals surface area (Å²) >= 11 is 0. The van der Waals surface area contributed by atoms with E-state index in [-0.39, 0.29) is 5.91 Å². The third kappa shape index (κ3) is 3.20. The quantitative estimate of drug-likeness (QED) is 0.862. The molecule has 25 heavy (non-hydrogen) atoms. The number of hydrogen-bond acceptors (Lipinski definition) is 5. The Kier molecular flexibility index (Phi) is 5.20. The molecule has 6 heteroatoms. The summed E-state index contributed by atoms with van der Waals surface area (Å²) in [6, 6.07) is 3.97. The van der Waals surface area contributed by atoms with Crippen LogP contribution in [0.5, 0.6) is 11.5 Å². The molecule has 1 amide bonds. The molecule has 1 aromatic rings. The number of hydrogen-bond donors (Lipinski definition) is 2. The van der Waals surface area contributed by atoms with Gasteiger partial charge in [0.15, 0.2) is 0 Å². The molecule has 1 spiro atoms. The number of carbonyl (C=O) groups is 1. The lowest BCUT2D eigenvalue weighted by Crippen LogP contribution is -2.61. The number of rotatable bonds is 4. The molecular weight excluding hydrogens is 320 g/mol. The number of methoxy groups -OCH3 is 2. The summed E-state index contributed by atoms with van der Waals surface area (Å²) in [5.41, 5.74) is 1.37. The maximum Gasteiger partial charge on any atom is 0.230 e. The van der Waals surface area contributed by atoms with Crippen LogP contribution in [0.3, 0.4) is 0 Å². The minimum absolute atomic E-state index is 0.00572. The zero-order valence-electron chi connectivity index (χ0n) is 15.3. The zero-order valence-corrected chi connectivity index (χ0v) is 15.3. The Hall–Kier alpha value is -1.79. The summed E-state index contributed by atoms with van der Waals surface area (Å²) in [7, 11) is 3.32. The Bertz CT molecular complexity index is 649. The monoisotopic (exact) mass is 348 g/mol. The van der Waals surface area contributed by atoms with E-state index >= 15 is 0 Å². The molecule has 3 rings (SSSR count). The number of aliphatic hydroxyl groups excluding tert-OH is 1. The fraction of sp³-hybridized carbons (Fsp3) is 0.632. The largest absolute Gasteiger partial charge is 0.496 e. The van der Waals surface area contributed by atoms with E-state index in [2.05, 4.69) is 10.2 Å². The molecule has 0 radical (unpaired) electrons. The third-order valence-corrected chi connectivity index (χ3v) is 5.66. The SMILES string of the molecule is COc1ccc(CN2CC[C@@H](O)[C@@]3(CCCNC3=O)C2)c(OC)c1C. The van der Waals surface area contributed by atoms with Crippen LogP contribution in [0.4, 0.5) is 0 Å². The van der Waals surface area contributed by atoms with Crippen LogP contribution in [0.25, 0.3) is 0 Å². The second-order valence-electron chi connectivity index (χ2n) is 7.12. The van der Waals surface area contributed by atoms with Crippen LogP contribution < -0.4 is 14.8 Å². The molecule has 2 fully saturated rings. The first-order chi connectivity index (χ1) is 12.0. The number of nitrogens with one attached hydrogen (secondary N) is 1. The second-order valence-corrected chi connectivity index (χ2v) is 7.12. The van der Waals surface area contributed by atoms with Gasteiger partial charge in [-0.2, -0.15) is 0 Å². The third-order valence-electron chi connectivity index (χ3n) is 5.66. The Morgan fingerprint density at radius 2 is 2.16 bits per heavy atom. The number of amides is 1. The van der Waals surface area contributed by atoms with E-state index in [4.69, 9.17) is 9.47 Å². The van der Waals surface area contributed by atoms with Crippen molar-refractivity contribution >= 4 is 5.91 Å². The van der Waals surface area contributed by atoms with Gasteiger partial charge in [0.1, 0.15) is 11.5 Å². The number of carbonyl (C=O) groups excluding carboxylic acids is 1. The predicted molar refractivity (Wildman–Crippen MR) is 94.9 cm³/mol. The number of benzene rings is 1. The van der Waals surface area contributed by atoms with Gasteiger partial charge >= 0.3 is 0 Å². The highest BCUT2D eigenvalue weighted by molar-refractivity contribution is 5.84. The summed E-state index contributed by atoms with van der Waals surface area (Å²) in [5.74, 6) is 1.62. The molecule has 2 saturated heterocycles. The number of aliphatic hydroxyl groups is 1. The van der Waals surface area contributed by atoms with Crippen molar-refractivity contribution in [3.63, 3.8) is 0 Å². The number of nitrogens with zero attached hydrogens (tertiary/aromatic N) is 1. The first kappa shape index (κ1) is 18.0. The van der Waals surface area contributed by atoms with Gasteiger partial charge in [0.05, 0.1) is 25.7 Å². The van der Waals surface area contributed by atoms with Crippen molar-refractivity contribution in [3.8, 4) is 11.5 Å². The zero-order chi connectivity index (χ0) is 18.0. The van der Waals surface area contributed by atoms with Crippen molar-refractivity contribution < 1.29 is 19.4 Å². The van der Waals surface area contributed by atoms with Crippen LogP contribution in [0.1, 0.15) is 30.4 Å². The highest BCUT2D eigenvalue weighted by atomic mass is 16.5. The van der Waals surface area contributed by atoms with Gasteiger partial charge in [-0.25, -0.2) is 0 Å².